The summed E-state index contributed by atoms with van der Waals surface area (Å²) in [7, 11) is 0. The minimum atomic E-state index is -0.813. The van der Waals surface area contributed by atoms with Crippen LogP contribution in [0.2, 0.25) is 0 Å². The number of carbonyl (C=O) groups excluding carboxylic acids is 1. The quantitative estimate of drug-likeness (QED) is 0.616. The number of rotatable bonds is 1. The van der Waals surface area contributed by atoms with Crippen molar-refractivity contribution in [1.29, 1.82) is 0 Å². The Morgan fingerprint density at radius 2 is 2.33 bits per heavy atom. The highest BCUT2D eigenvalue weighted by atomic mass is 16.3. The maximum absolute atomic E-state index is 11.3. The van der Waals surface area contributed by atoms with Crippen molar-refractivity contribution in [2.45, 2.75) is 38.3 Å². The van der Waals surface area contributed by atoms with E-state index in [0.29, 0.717) is 6.04 Å². The molecule has 3 heteroatoms. The number of fused-ring (bicyclic) bond motifs is 1. The van der Waals surface area contributed by atoms with E-state index in [1.807, 2.05) is 4.90 Å². The second-order valence-corrected chi connectivity index (χ2v) is 3.92. The monoisotopic (exact) mass is 169 g/mol. The van der Waals surface area contributed by atoms with E-state index in [1.165, 1.54) is 12.8 Å². The lowest BCUT2D eigenvalue weighted by Crippen LogP contribution is -2.58. The molecule has 2 unspecified atom stereocenters. The summed E-state index contributed by atoms with van der Waals surface area (Å²) in [4.78, 5) is 13.2. The normalized spacial score (nSPS) is 35.7. The highest BCUT2D eigenvalue weighted by Crippen LogP contribution is 2.38. The highest BCUT2D eigenvalue weighted by Gasteiger charge is 2.44. The number of carbonyl (C=O) groups is 1. The smallest absolute Gasteiger partial charge is 0.251 e. The molecular weight excluding hydrogens is 154 g/mol. The molecule has 0 bridgehead atoms. The second kappa shape index (κ2) is 2.73. The van der Waals surface area contributed by atoms with Crippen LogP contribution in [0.25, 0.3) is 0 Å². The van der Waals surface area contributed by atoms with E-state index in [1.54, 1.807) is 6.92 Å². The standard InChI is InChI=1S/C9H15NO2/c1-6(11)9(12)10-5-7-3-2-4-8(7)10/h6-8,11H,2-5H2,1H3/t6-,7?,8?/m0/s1. The summed E-state index contributed by atoms with van der Waals surface area (Å²) in [5.74, 6) is 0.658. The maximum atomic E-state index is 11.3. The molecule has 0 aromatic heterocycles. The van der Waals surface area contributed by atoms with Gasteiger partial charge in [0.25, 0.3) is 5.91 Å². The van der Waals surface area contributed by atoms with Gasteiger partial charge in [-0.1, -0.05) is 6.42 Å². The number of nitrogens with zero attached hydrogens (tertiary/aromatic N) is 1. The zero-order valence-corrected chi connectivity index (χ0v) is 7.36. The van der Waals surface area contributed by atoms with Crippen LogP contribution in [0.4, 0.5) is 0 Å². The van der Waals surface area contributed by atoms with Crippen molar-refractivity contribution in [2.24, 2.45) is 5.92 Å². The summed E-state index contributed by atoms with van der Waals surface area (Å²) in [6.07, 6.45) is 2.85. The van der Waals surface area contributed by atoms with Crippen LogP contribution in [0.15, 0.2) is 0 Å². The van der Waals surface area contributed by atoms with Gasteiger partial charge in [-0.25, -0.2) is 0 Å². The second-order valence-electron chi connectivity index (χ2n) is 3.92. The van der Waals surface area contributed by atoms with Crippen molar-refractivity contribution < 1.29 is 9.90 Å². The molecule has 3 atom stereocenters. The average molecular weight is 169 g/mol. The molecule has 68 valence electrons. The third kappa shape index (κ3) is 1.04. The molecule has 0 radical (unpaired) electrons. The number of hydrogen-bond donors (Lipinski definition) is 1. The van der Waals surface area contributed by atoms with Gasteiger partial charge in [-0.2, -0.15) is 0 Å². The fraction of sp³-hybridized carbons (Fsp3) is 0.889. The Balaban J connectivity index is 1.95. The summed E-state index contributed by atoms with van der Waals surface area (Å²) in [6.45, 7) is 2.43. The average Bonchev–Trinajstić information content (AvgIpc) is 2.32. The molecule has 1 heterocycles. The van der Waals surface area contributed by atoms with E-state index in [4.69, 9.17) is 5.11 Å². The van der Waals surface area contributed by atoms with E-state index >= 15 is 0 Å². The molecule has 0 spiro atoms. The molecule has 12 heavy (non-hydrogen) atoms. The van der Waals surface area contributed by atoms with E-state index in [0.717, 1.165) is 18.9 Å². The molecule has 0 aromatic rings. The fourth-order valence-electron chi connectivity index (χ4n) is 2.38. The van der Waals surface area contributed by atoms with Gasteiger partial charge in [-0.05, 0) is 25.7 Å². The minimum Gasteiger partial charge on any atom is -0.384 e. The summed E-state index contributed by atoms with van der Waals surface area (Å²) in [5, 5.41) is 9.09. The number of likely N-dealkylation sites (tertiary alicyclic amines) is 1. The molecule has 1 saturated carbocycles. The van der Waals surface area contributed by atoms with Crippen LogP contribution in [-0.2, 0) is 4.79 Å². The first-order valence-corrected chi connectivity index (χ1v) is 4.68. The van der Waals surface area contributed by atoms with Gasteiger partial charge in [-0.15, -0.1) is 0 Å². The predicted octanol–water partition coefficient (Wildman–Crippen LogP) is 0.378. The zero-order chi connectivity index (χ0) is 8.72. The molecule has 2 fully saturated rings. The Kier molecular flexibility index (Phi) is 1.83. The van der Waals surface area contributed by atoms with Gasteiger partial charge in [0.1, 0.15) is 6.10 Å². The van der Waals surface area contributed by atoms with Gasteiger partial charge in [0, 0.05) is 12.6 Å². The van der Waals surface area contributed by atoms with Crippen molar-refractivity contribution in [2.75, 3.05) is 6.54 Å². The Morgan fingerprint density at radius 3 is 2.92 bits per heavy atom. The maximum Gasteiger partial charge on any atom is 0.251 e. The van der Waals surface area contributed by atoms with Crippen molar-refractivity contribution in [3.8, 4) is 0 Å². The van der Waals surface area contributed by atoms with Crippen LogP contribution >= 0.6 is 0 Å². The Hall–Kier alpha value is -0.570. The van der Waals surface area contributed by atoms with Crippen LogP contribution in [0.1, 0.15) is 26.2 Å². The summed E-state index contributed by atoms with van der Waals surface area (Å²) in [6, 6.07) is 0.465. The number of aliphatic hydroxyl groups excluding tert-OH is 1. The van der Waals surface area contributed by atoms with E-state index in [-0.39, 0.29) is 5.91 Å². The zero-order valence-electron chi connectivity index (χ0n) is 7.36. The summed E-state index contributed by atoms with van der Waals surface area (Å²) < 4.78 is 0. The van der Waals surface area contributed by atoms with Gasteiger partial charge >= 0.3 is 0 Å². The lowest BCUT2D eigenvalue weighted by atomic mass is 9.91. The molecule has 1 N–H and O–H groups in total. The van der Waals surface area contributed by atoms with Gasteiger partial charge in [0.2, 0.25) is 0 Å². The molecule has 1 amide bonds. The molecular formula is C9H15NO2. The van der Waals surface area contributed by atoms with Crippen LogP contribution in [0.5, 0.6) is 0 Å². The predicted molar refractivity (Wildman–Crippen MR) is 44.5 cm³/mol. The first-order chi connectivity index (χ1) is 5.70. The first-order valence-electron chi connectivity index (χ1n) is 4.68. The topological polar surface area (TPSA) is 40.5 Å². The van der Waals surface area contributed by atoms with Gasteiger partial charge < -0.3 is 10.0 Å². The van der Waals surface area contributed by atoms with Crippen LogP contribution in [0.3, 0.4) is 0 Å². The highest BCUT2D eigenvalue weighted by molar-refractivity contribution is 5.81. The molecule has 1 aliphatic heterocycles. The van der Waals surface area contributed by atoms with Crippen molar-refractivity contribution in [3.05, 3.63) is 0 Å². The number of amides is 1. The molecule has 2 rings (SSSR count). The Labute approximate surface area is 72.4 Å². The van der Waals surface area contributed by atoms with Crippen molar-refractivity contribution >= 4 is 5.91 Å². The molecule has 3 nitrogen and oxygen atoms in total. The minimum absolute atomic E-state index is 0.0850. The lowest BCUT2D eigenvalue weighted by molar-refractivity contribution is -0.150. The third-order valence-corrected chi connectivity index (χ3v) is 3.09. The van der Waals surface area contributed by atoms with Crippen molar-refractivity contribution in [1.82, 2.24) is 4.90 Å². The third-order valence-electron chi connectivity index (χ3n) is 3.09. The number of hydrogen-bond acceptors (Lipinski definition) is 2. The summed E-state index contributed by atoms with van der Waals surface area (Å²) >= 11 is 0. The van der Waals surface area contributed by atoms with Gasteiger partial charge in [0.15, 0.2) is 0 Å². The summed E-state index contributed by atoms with van der Waals surface area (Å²) in [5.41, 5.74) is 0. The first kappa shape index (κ1) is 8.05. The van der Waals surface area contributed by atoms with Crippen molar-refractivity contribution in [3.63, 3.8) is 0 Å². The molecule has 1 aliphatic carbocycles. The molecule has 1 saturated heterocycles. The fourth-order valence-corrected chi connectivity index (χ4v) is 2.38. The molecule has 2 aliphatic rings. The lowest BCUT2D eigenvalue weighted by Gasteiger charge is -2.45. The van der Waals surface area contributed by atoms with Gasteiger partial charge in [0.05, 0.1) is 0 Å². The Bertz CT molecular complexity index is 203. The number of aliphatic hydroxyl groups is 1. The van der Waals surface area contributed by atoms with Crippen LogP contribution in [0, 0.1) is 5.92 Å². The SMILES string of the molecule is C[C@H](O)C(=O)N1CC2CCCC21. The van der Waals surface area contributed by atoms with Crippen LogP contribution < -0.4 is 0 Å². The van der Waals surface area contributed by atoms with E-state index in [2.05, 4.69) is 0 Å². The van der Waals surface area contributed by atoms with E-state index < -0.39 is 6.10 Å². The van der Waals surface area contributed by atoms with Crippen LogP contribution in [-0.4, -0.2) is 34.6 Å². The van der Waals surface area contributed by atoms with E-state index in [9.17, 15) is 4.79 Å². The van der Waals surface area contributed by atoms with Gasteiger partial charge in [-0.3, -0.25) is 4.79 Å². The Morgan fingerprint density at radius 1 is 1.58 bits per heavy atom. The molecule has 0 aromatic carbocycles. The largest absolute Gasteiger partial charge is 0.384 e.